The van der Waals surface area contributed by atoms with Gasteiger partial charge in [-0.2, -0.15) is 0 Å². The fourth-order valence-corrected chi connectivity index (χ4v) is 3.80. The van der Waals surface area contributed by atoms with Gasteiger partial charge >= 0.3 is 6.09 Å². The highest BCUT2D eigenvalue weighted by atomic mass is 28.4. The number of carbonyl (C=O) groups is 2. The van der Waals surface area contributed by atoms with E-state index in [2.05, 4.69) is 40.4 Å². The second-order valence-electron chi connectivity index (χ2n) is 9.83. The Morgan fingerprint density at radius 2 is 1.81 bits per heavy atom. The summed E-state index contributed by atoms with van der Waals surface area (Å²) in [6.07, 6.45) is -0.0593. The largest absolute Gasteiger partial charge is 0.443 e. The third kappa shape index (κ3) is 6.15. The minimum absolute atomic E-state index is 0.0178. The fraction of sp³-hybridized carbons (Fsp3) is 0.800. The summed E-state index contributed by atoms with van der Waals surface area (Å²) in [6.45, 7) is 20.3. The Morgan fingerprint density at radius 3 is 2.26 bits per heavy atom. The molecule has 0 saturated carbocycles. The topological polar surface area (TPSA) is 76.1 Å². The van der Waals surface area contributed by atoms with Crippen LogP contribution in [0.5, 0.6) is 0 Å². The van der Waals surface area contributed by atoms with Crippen LogP contribution in [0.25, 0.3) is 0 Å². The maximum absolute atomic E-state index is 12.7. The van der Waals surface area contributed by atoms with E-state index in [0.717, 1.165) is 5.57 Å². The second kappa shape index (κ2) is 8.45. The quantitative estimate of drug-likeness (QED) is 0.537. The van der Waals surface area contributed by atoms with Crippen LogP contribution in [0.4, 0.5) is 4.79 Å². The van der Waals surface area contributed by atoms with Crippen LogP contribution in [0.2, 0.25) is 18.1 Å². The normalized spacial score (nSPS) is 21.5. The number of amides is 2. The van der Waals surface area contributed by atoms with Gasteiger partial charge in [0.15, 0.2) is 8.32 Å². The summed E-state index contributed by atoms with van der Waals surface area (Å²) in [5, 5.41) is 9.29. The van der Waals surface area contributed by atoms with Crippen LogP contribution < -0.4 is 0 Å². The highest BCUT2D eigenvalue weighted by molar-refractivity contribution is 6.74. The van der Waals surface area contributed by atoms with Crippen molar-refractivity contribution in [1.82, 2.24) is 4.90 Å². The van der Waals surface area contributed by atoms with Crippen LogP contribution in [0, 0.1) is 5.92 Å². The van der Waals surface area contributed by atoms with Gasteiger partial charge in [0.05, 0.1) is 12.6 Å². The van der Waals surface area contributed by atoms with E-state index in [1.54, 1.807) is 20.8 Å². The molecule has 0 bridgehead atoms. The lowest BCUT2D eigenvalue weighted by atomic mass is 9.91. The number of hydrogen-bond donors (Lipinski definition) is 1. The molecule has 1 fully saturated rings. The SMILES string of the molecule is C=C(CCO)[C@H]1CC(=O)N(C(=O)OC(C)(C)C)[C@@H]1CO[Si](C)(C)C(C)(C)C. The smallest absolute Gasteiger partial charge is 0.417 e. The Balaban J connectivity index is 3.10. The van der Waals surface area contributed by atoms with Crippen molar-refractivity contribution in [2.45, 2.75) is 84.2 Å². The first-order chi connectivity index (χ1) is 12.1. The second-order valence-corrected chi connectivity index (χ2v) is 14.6. The number of hydrogen-bond acceptors (Lipinski definition) is 5. The van der Waals surface area contributed by atoms with Gasteiger partial charge in [-0.15, -0.1) is 0 Å². The molecule has 0 aromatic rings. The van der Waals surface area contributed by atoms with Crippen LogP contribution in [-0.2, 0) is 14.0 Å². The van der Waals surface area contributed by atoms with Gasteiger partial charge in [-0.1, -0.05) is 32.9 Å². The summed E-state index contributed by atoms with van der Waals surface area (Å²) in [6, 6.07) is -0.458. The first-order valence-electron chi connectivity index (χ1n) is 9.58. The lowest BCUT2D eigenvalue weighted by Gasteiger charge is -2.38. The lowest BCUT2D eigenvalue weighted by Crippen LogP contribution is -2.49. The van der Waals surface area contributed by atoms with Crippen molar-refractivity contribution < 1.29 is 23.9 Å². The summed E-state index contributed by atoms with van der Waals surface area (Å²) in [4.78, 5) is 26.5. The monoisotopic (exact) mass is 399 g/mol. The molecule has 0 aromatic carbocycles. The Morgan fingerprint density at radius 1 is 1.26 bits per heavy atom. The third-order valence-corrected chi connectivity index (χ3v) is 9.93. The summed E-state index contributed by atoms with van der Waals surface area (Å²) < 4.78 is 11.8. The van der Waals surface area contributed by atoms with E-state index in [-0.39, 0.29) is 36.5 Å². The first-order valence-corrected chi connectivity index (χ1v) is 12.5. The van der Waals surface area contributed by atoms with E-state index in [1.165, 1.54) is 4.90 Å². The van der Waals surface area contributed by atoms with Gasteiger partial charge in [-0.3, -0.25) is 4.79 Å². The van der Waals surface area contributed by atoms with Crippen LogP contribution in [0.15, 0.2) is 12.2 Å². The van der Waals surface area contributed by atoms with Crippen LogP contribution in [0.3, 0.4) is 0 Å². The Kier molecular flexibility index (Phi) is 7.47. The summed E-state index contributed by atoms with van der Waals surface area (Å²) in [7, 11) is -2.06. The zero-order valence-electron chi connectivity index (χ0n) is 18.2. The maximum Gasteiger partial charge on any atom is 0.417 e. The van der Waals surface area contributed by atoms with Crippen molar-refractivity contribution in [2.24, 2.45) is 5.92 Å². The highest BCUT2D eigenvalue weighted by Gasteiger charge is 2.47. The van der Waals surface area contributed by atoms with E-state index in [1.807, 2.05) is 0 Å². The molecule has 6 nitrogen and oxygen atoms in total. The standard InChI is InChI=1S/C20H37NO5Si/c1-14(10-11-22)15-12-17(23)21(18(24)26-19(2,3)4)16(15)13-25-27(8,9)20(5,6)7/h15-16,22H,1,10-13H2,2-9H3/t15-,16-/m1/s1. The van der Waals surface area contributed by atoms with Crippen LogP contribution in [0.1, 0.15) is 54.4 Å². The molecule has 1 rings (SSSR count). The van der Waals surface area contributed by atoms with Crippen molar-refractivity contribution in [1.29, 1.82) is 0 Å². The molecule has 0 spiro atoms. The van der Waals surface area contributed by atoms with Gasteiger partial charge in [-0.05, 0) is 45.3 Å². The van der Waals surface area contributed by atoms with Gasteiger partial charge in [0, 0.05) is 18.9 Å². The Labute approximate surface area is 165 Å². The van der Waals surface area contributed by atoms with E-state index >= 15 is 0 Å². The number of likely N-dealkylation sites (tertiary alicyclic amines) is 1. The molecule has 2 atom stereocenters. The number of aliphatic hydroxyl groups is 1. The summed E-state index contributed by atoms with van der Waals surface area (Å²) in [5.74, 6) is -0.515. The third-order valence-electron chi connectivity index (χ3n) is 5.43. The molecule has 27 heavy (non-hydrogen) atoms. The van der Waals surface area contributed by atoms with Crippen molar-refractivity contribution in [3.05, 3.63) is 12.2 Å². The van der Waals surface area contributed by atoms with Crippen molar-refractivity contribution in [3.63, 3.8) is 0 Å². The molecule has 1 heterocycles. The zero-order chi connectivity index (χ0) is 21.2. The van der Waals surface area contributed by atoms with Crippen LogP contribution in [-0.4, -0.2) is 55.2 Å². The number of carbonyl (C=O) groups excluding carboxylic acids is 2. The fourth-order valence-electron chi connectivity index (χ4n) is 2.78. The number of ether oxygens (including phenoxy) is 1. The van der Waals surface area contributed by atoms with E-state index < -0.39 is 26.1 Å². The van der Waals surface area contributed by atoms with Gasteiger partial charge in [0.25, 0.3) is 0 Å². The summed E-state index contributed by atoms with van der Waals surface area (Å²) in [5.41, 5.74) is 0.0725. The summed E-state index contributed by atoms with van der Waals surface area (Å²) >= 11 is 0. The lowest BCUT2D eigenvalue weighted by molar-refractivity contribution is -0.128. The Bertz CT molecular complexity index is 574. The predicted molar refractivity (Wildman–Crippen MR) is 109 cm³/mol. The number of aliphatic hydroxyl groups excluding tert-OH is 1. The molecule has 0 aliphatic carbocycles. The van der Waals surface area contributed by atoms with E-state index in [9.17, 15) is 14.7 Å². The van der Waals surface area contributed by atoms with Crippen molar-refractivity contribution in [3.8, 4) is 0 Å². The van der Waals surface area contributed by atoms with Crippen LogP contribution >= 0.6 is 0 Å². The molecule has 156 valence electrons. The van der Waals surface area contributed by atoms with Gasteiger partial charge in [0.1, 0.15) is 5.60 Å². The molecule has 0 aromatic heterocycles. The first kappa shape index (κ1) is 23.9. The molecule has 1 saturated heterocycles. The van der Waals surface area contributed by atoms with Gasteiger partial charge < -0.3 is 14.3 Å². The van der Waals surface area contributed by atoms with Gasteiger partial charge in [0.2, 0.25) is 5.91 Å². The van der Waals surface area contributed by atoms with Crippen molar-refractivity contribution >= 4 is 20.3 Å². The number of nitrogens with zero attached hydrogens (tertiary/aromatic N) is 1. The molecular formula is C20H37NO5Si. The molecule has 1 aliphatic rings. The van der Waals surface area contributed by atoms with Gasteiger partial charge in [-0.25, -0.2) is 9.69 Å². The number of rotatable bonds is 6. The molecule has 0 radical (unpaired) electrons. The molecular weight excluding hydrogens is 362 g/mol. The van der Waals surface area contributed by atoms with Crippen molar-refractivity contribution in [2.75, 3.05) is 13.2 Å². The molecule has 2 amide bonds. The van der Waals surface area contributed by atoms with E-state index in [0.29, 0.717) is 6.42 Å². The average Bonchev–Trinajstić information content (AvgIpc) is 2.79. The Hall–Kier alpha value is -1.18. The average molecular weight is 400 g/mol. The minimum atomic E-state index is -2.06. The maximum atomic E-state index is 12.7. The molecule has 1 N–H and O–H groups in total. The zero-order valence-corrected chi connectivity index (χ0v) is 19.2. The highest BCUT2D eigenvalue weighted by Crippen LogP contribution is 2.39. The predicted octanol–water partition coefficient (Wildman–Crippen LogP) is 4.10. The van der Waals surface area contributed by atoms with E-state index in [4.69, 9.17) is 9.16 Å². The molecule has 7 heteroatoms. The number of imide groups is 1. The minimum Gasteiger partial charge on any atom is -0.443 e. The molecule has 0 unspecified atom stereocenters. The molecule has 1 aliphatic heterocycles.